The van der Waals surface area contributed by atoms with Crippen LogP contribution in [0, 0.1) is 13.8 Å². The molecule has 0 unspecified atom stereocenters. The molecule has 0 bridgehead atoms. The highest BCUT2D eigenvalue weighted by molar-refractivity contribution is 6.10. The zero-order chi connectivity index (χ0) is 24.1. The quantitative estimate of drug-likeness (QED) is 0.320. The van der Waals surface area contributed by atoms with E-state index < -0.39 is 0 Å². The first kappa shape index (κ1) is 21.1. The summed E-state index contributed by atoms with van der Waals surface area (Å²) in [6.07, 6.45) is 0. The normalized spacial score (nSPS) is 11.4. The Labute approximate surface area is 204 Å². The van der Waals surface area contributed by atoms with Crippen LogP contribution in [0.1, 0.15) is 11.4 Å². The van der Waals surface area contributed by atoms with Gasteiger partial charge >= 0.3 is 0 Å². The SMILES string of the molecule is Cc1nn(-c2ccccc2)c2nc3c(c(C)nn3-c3ccccc3)c(-c3ccc(N(C)C)cc3)c12. The number of hydrogen-bond acceptors (Lipinski definition) is 4. The van der Waals surface area contributed by atoms with Crippen LogP contribution in [0.5, 0.6) is 0 Å². The third kappa shape index (κ3) is 3.37. The summed E-state index contributed by atoms with van der Waals surface area (Å²) in [7, 11) is 4.11. The van der Waals surface area contributed by atoms with Crippen molar-refractivity contribution >= 4 is 27.8 Å². The molecule has 0 N–H and O–H groups in total. The van der Waals surface area contributed by atoms with E-state index in [4.69, 9.17) is 15.2 Å². The first-order valence-corrected chi connectivity index (χ1v) is 11.7. The highest BCUT2D eigenvalue weighted by atomic mass is 15.3. The van der Waals surface area contributed by atoms with Crippen LogP contribution in [0.4, 0.5) is 5.69 Å². The monoisotopic (exact) mass is 458 g/mol. The molecule has 0 amide bonds. The number of rotatable bonds is 4. The van der Waals surface area contributed by atoms with E-state index in [0.29, 0.717) is 0 Å². The Kier molecular flexibility index (Phi) is 4.88. The lowest BCUT2D eigenvalue weighted by Crippen LogP contribution is -2.07. The summed E-state index contributed by atoms with van der Waals surface area (Å²) in [5.41, 5.74) is 8.89. The van der Waals surface area contributed by atoms with Crippen LogP contribution in [0.25, 0.3) is 44.6 Å². The summed E-state index contributed by atoms with van der Waals surface area (Å²) < 4.78 is 3.89. The fraction of sp³-hybridized carbons (Fsp3) is 0.138. The Morgan fingerprint density at radius 2 is 1.06 bits per heavy atom. The van der Waals surface area contributed by atoms with Gasteiger partial charge < -0.3 is 4.90 Å². The molecule has 0 spiro atoms. The zero-order valence-electron chi connectivity index (χ0n) is 20.3. The number of hydrogen-bond donors (Lipinski definition) is 0. The summed E-state index contributed by atoms with van der Waals surface area (Å²) in [5, 5.41) is 12.0. The van der Waals surface area contributed by atoms with E-state index >= 15 is 0 Å². The first-order chi connectivity index (χ1) is 17.0. The molecule has 35 heavy (non-hydrogen) atoms. The Bertz CT molecular complexity index is 1560. The Morgan fingerprint density at radius 3 is 1.49 bits per heavy atom. The van der Waals surface area contributed by atoms with E-state index in [1.165, 1.54) is 0 Å². The first-order valence-electron chi connectivity index (χ1n) is 11.7. The number of aryl methyl sites for hydroxylation is 2. The van der Waals surface area contributed by atoms with Crippen molar-refractivity contribution in [1.82, 2.24) is 24.5 Å². The predicted octanol–water partition coefficient (Wildman–Crippen LogP) is 6.11. The van der Waals surface area contributed by atoms with Crippen LogP contribution in [0.2, 0.25) is 0 Å². The lowest BCUT2D eigenvalue weighted by atomic mass is 9.97. The second-order valence-corrected chi connectivity index (χ2v) is 8.99. The molecule has 0 atom stereocenters. The number of benzene rings is 3. The molecule has 0 aliphatic carbocycles. The summed E-state index contributed by atoms with van der Waals surface area (Å²) in [4.78, 5) is 7.31. The van der Waals surface area contributed by atoms with Crippen LogP contribution in [0.3, 0.4) is 0 Å². The van der Waals surface area contributed by atoms with Gasteiger partial charge in [-0.05, 0) is 55.8 Å². The Balaban J connectivity index is 1.75. The van der Waals surface area contributed by atoms with Gasteiger partial charge in [0.05, 0.1) is 33.5 Å². The molecule has 172 valence electrons. The topological polar surface area (TPSA) is 51.8 Å². The molecule has 0 fully saturated rings. The van der Waals surface area contributed by atoms with Gasteiger partial charge in [0.25, 0.3) is 0 Å². The smallest absolute Gasteiger partial charge is 0.166 e. The third-order valence-electron chi connectivity index (χ3n) is 6.46. The summed E-state index contributed by atoms with van der Waals surface area (Å²) in [5.74, 6) is 0. The van der Waals surface area contributed by atoms with Crippen LogP contribution in [0.15, 0.2) is 84.9 Å². The molecule has 0 saturated carbocycles. The number of nitrogens with zero attached hydrogens (tertiary/aromatic N) is 6. The van der Waals surface area contributed by atoms with Crippen LogP contribution in [-0.2, 0) is 0 Å². The molecule has 6 rings (SSSR count). The number of pyridine rings is 1. The average molecular weight is 459 g/mol. The minimum absolute atomic E-state index is 0.824. The molecule has 0 aliphatic heterocycles. The molecule has 6 heteroatoms. The average Bonchev–Trinajstić information content (AvgIpc) is 3.40. The largest absolute Gasteiger partial charge is 0.378 e. The van der Waals surface area contributed by atoms with Crippen molar-refractivity contribution in [3.8, 4) is 22.5 Å². The number of anilines is 1. The zero-order valence-corrected chi connectivity index (χ0v) is 20.3. The minimum Gasteiger partial charge on any atom is -0.378 e. The molecule has 6 aromatic rings. The van der Waals surface area contributed by atoms with E-state index in [2.05, 4.69) is 81.4 Å². The van der Waals surface area contributed by atoms with E-state index in [1.807, 2.05) is 45.8 Å². The van der Waals surface area contributed by atoms with Crippen molar-refractivity contribution < 1.29 is 0 Å². The second kappa shape index (κ2) is 8.09. The lowest BCUT2D eigenvalue weighted by molar-refractivity contribution is 0.863. The van der Waals surface area contributed by atoms with Crippen molar-refractivity contribution in [2.24, 2.45) is 0 Å². The van der Waals surface area contributed by atoms with Crippen LogP contribution in [-0.4, -0.2) is 38.6 Å². The van der Waals surface area contributed by atoms with Crippen molar-refractivity contribution in [2.45, 2.75) is 13.8 Å². The van der Waals surface area contributed by atoms with Crippen LogP contribution < -0.4 is 4.90 Å². The fourth-order valence-corrected chi connectivity index (χ4v) is 4.76. The molecule has 0 radical (unpaired) electrons. The fourth-order valence-electron chi connectivity index (χ4n) is 4.76. The van der Waals surface area contributed by atoms with Gasteiger partial charge in [0.2, 0.25) is 0 Å². The third-order valence-corrected chi connectivity index (χ3v) is 6.46. The number of para-hydroxylation sites is 2. The van der Waals surface area contributed by atoms with Crippen molar-refractivity contribution in [1.29, 1.82) is 0 Å². The molecule has 3 heterocycles. The van der Waals surface area contributed by atoms with E-state index in [1.54, 1.807) is 0 Å². The second-order valence-electron chi connectivity index (χ2n) is 8.99. The van der Waals surface area contributed by atoms with Crippen LogP contribution >= 0.6 is 0 Å². The van der Waals surface area contributed by atoms with Crippen molar-refractivity contribution in [2.75, 3.05) is 19.0 Å². The molecule has 0 aliphatic rings. The molecule has 0 saturated heterocycles. The molecule has 3 aromatic carbocycles. The molecular weight excluding hydrogens is 432 g/mol. The standard InChI is InChI=1S/C29H26N6/c1-19-25-27(21-15-17-22(18-16-21)33(3)4)26-20(2)32-35(24-13-9-6-10-14-24)29(26)30-28(25)34(31-19)23-11-7-5-8-12-23/h5-18H,1-4H3. The van der Waals surface area contributed by atoms with Crippen molar-refractivity contribution in [3.63, 3.8) is 0 Å². The minimum atomic E-state index is 0.824. The maximum Gasteiger partial charge on any atom is 0.166 e. The Morgan fingerprint density at radius 1 is 0.600 bits per heavy atom. The van der Waals surface area contributed by atoms with E-state index in [0.717, 1.165) is 61.6 Å². The lowest BCUT2D eigenvalue weighted by Gasteiger charge is -2.14. The molecular formula is C29H26N6. The summed E-state index contributed by atoms with van der Waals surface area (Å²) >= 11 is 0. The highest BCUT2D eigenvalue weighted by Crippen LogP contribution is 2.39. The molecule has 3 aromatic heterocycles. The Hall–Kier alpha value is -4.45. The number of aromatic nitrogens is 5. The predicted molar refractivity (Wildman–Crippen MR) is 143 cm³/mol. The highest BCUT2D eigenvalue weighted by Gasteiger charge is 2.23. The maximum absolute atomic E-state index is 5.20. The summed E-state index contributed by atoms with van der Waals surface area (Å²) in [6.45, 7) is 4.12. The van der Waals surface area contributed by atoms with Gasteiger partial charge in [-0.25, -0.2) is 14.3 Å². The molecule has 6 nitrogen and oxygen atoms in total. The number of fused-ring (bicyclic) bond motifs is 2. The summed E-state index contributed by atoms with van der Waals surface area (Å²) in [6, 6.07) is 29.0. The van der Waals surface area contributed by atoms with E-state index in [9.17, 15) is 0 Å². The maximum atomic E-state index is 5.20. The van der Waals surface area contributed by atoms with Gasteiger partial charge in [-0.3, -0.25) is 0 Å². The van der Waals surface area contributed by atoms with Gasteiger partial charge in [-0.15, -0.1) is 0 Å². The van der Waals surface area contributed by atoms with Gasteiger partial charge in [-0.2, -0.15) is 10.2 Å². The van der Waals surface area contributed by atoms with Gasteiger partial charge in [0.15, 0.2) is 11.3 Å². The van der Waals surface area contributed by atoms with Gasteiger partial charge in [0, 0.05) is 25.3 Å². The van der Waals surface area contributed by atoms with Crippen molar-refractivity contribution in [3.05, 3.63) is 96.3 Å². The van der Waals surface area contributed by atoms with Gasteiger partial charge in [0.1, 0.15) is 0 Å². The van der Waals surface area contributed by atoms with E-state index in [-0.39, 0.29) is 0 Å². The van der Waals surface area contributed by atoms with Gasteiger partial charge in [-0.1, -0.05) is 48.5 Å².